The summed E-state index contributed by atoms with van der Waals surface area (Å²) < 4.78 is 16.2. The van der Waals surface area contributed by atoms with Crippen molar-refractivity contribution in [1.29, 1.82) is 0 Å². The Labute approximate surface area is 160 Å². The van der Waals surface area contributed by atoms with Gasteiger partial charge in [-0.3, -0.25) is 4.79 Å². The third-order valence-corrected chi connectivity index (χ3v) is 4.37. The lowest BCUT2D eigenvalue weighted by Gasteiger charge is -2.10. The minimum absolute atomic E-state index is 0.0915. The summed E-state index contributed by atoms with van der Waals surface area (Å²) in [5.41, 5.74) is 0.729. The van der Waals surface area contributed by atoms with Crippen LogP contribution >= 0.6 is 0 Å². The first kappa shape index (κ1) is 17.6. The molecule has 1 amide bonds. The van der Waals surface area contributed by atoms with E-state index < -0.39 is 11.5 Å². The van der Waals surface area contributed by atoms with Gasteiger partial charge in [0.1, 0.15) is 17.1 Å². The number of hydrogen-bond donors (Lipinski definition) is 1. The van der Waals surface area contributed by atoms with E-state index >= 15 is 0 Å². The largest absolute Gasteiger partial charge is 0.493 e. The van der Waals surface area contributed by atoms with E-state index in [1.54, 1.807) is 30.3 Å². The number of para-hydroxylation sites is 2. The molecular formula is C22H17NO5. The summed E-state index contributed by atoms with van der Waals surface area (Å²) in [6, 6.07) is 17.6. The molecule has 0 saturated carbocycles. The normalized spacial score (nSPS) is 10.8. The third-order valence-electron chi connectivity index (χ3n) is 4.37. The average molecular weight is 375 g/mol. The van der Waals surface area contributed by atoms with Crippen LogP contribution in [0.1, 0.15) is 16.1 Å². The van der Waals surface area contributed by atoms with Crippen LogP contribution in [-0.4, -0.2) is 13.0 Å². The highest BCUT2D eigenvalue weighted by atomic mass is 16.5. The summed E-state index contributed by atoms with van der Waals surface area (Å²) in [6.07, 6.45) is 0. The second-order valence-corrected chi connectivity index (χ2v) is 6.24. The lowest BCUT2D eigenvalue weighted by atomic mass is 10.1. The van der Waals surface area contributed by atoms with Crippen molar-refractivity contribution >= 4 is 22.6 Å². The minimum Gasteiger partial charge on any atom is -0.493 e. The second kappa shape index (κ2) is 7.08. The van der Waals surface area contributed by atoms with Crippen molar-refractivity contribution in [3.8, 4) is 17.1 Å². The monoisotopic (exact) mass is 375 g/mol. The van der Waals surface area contributed by atoms with E-state index in [4.69, 9.17) is 13.6 Å². The molecule has 4 rings (SSSR count). The number of furan rings is 1. The van der Waals surface area contributed by atoms with Crippen molar-refractivity contribution in [1.82, 2.24) is 0 Å². The molecule has 6 nitrogen and oxygen atoms in total. The molecule has 0 aliphatic heterocycles. The molecule has 4 aromatic rings. The van der Waals surface area contributed by atoms with Crippen LogP contribution in [0.2, 0.25) is 0 Å². The predicted molar refractivity (Wildman–Crippen MR) is 106 cm³/mol. The number of rotatable bonds is 4. The number of nitrogens with one attached hydrogen (secondary N) is 1. The fourth-order valence-corrected chi connectivity index (χ4v) is 3.01. The quantitative estimate of drug-likeness (QED) is 0.526. The van der Waals surface area contributed by atoms with E-state index in [1.807, 2.05) is 31.2 Å². The predicted octanol–water partition coefficient (Wildman–Crippen LogP) is 4.62. The zero-order valence-electron chi connectivity index (χ0n) is 15.3. The van der Waals surface area contributed by atoms with Crippen LogP contribution in [0.3, 0.4) is 0 Å². The SMILES string of the molecule is COc1cccc2cc(C(=O)Nc3ccccc3-c3ccc(C)o3)c(=O)oc12. The molecule has 140 valence electrons. The summed E-state index contributed by atoms with van der Waals surface area (Å²) in [4.78, 5) is 25.2. The molecule has 1 N–H and O–H groups in total. The molecule has 2 heterocycles. The number of ether oxygens (including phenoxy) is 1. The molecule has 2 aromatic heterocycles. The number of methoxy groups -OCH3 is 1. The van der Waals surface area contributed by atoms with Crippen molar-refractivity contribution in [3.05, 3.63) is 82.4 Å². The summed E-state index contributed by atoms with van der Waals surface area (Å²) in [5, 5.41) is 3.37. The van der Waals surface area contributed by atoms with E-state index in [9.17, 15) is 9.59 Å². The Morgan fingerprint density at radius 2 is 1.82 bits per heavy atom. The van der Waals surface area contributed by atoms with Gasteiger partial charge in [0, 0.05) is 10.9 Å². The van der Waals surface area contributed by atoms with Gasteiger partial charge in [-0.05, 0) is 43.3 Å². The number of amides is 1. The standard InChI is InChI=1S/C22H17NO5/c1-13-10-11-18(27-13)15-7-3-4-8-17(15)23-21(24)16-12-14-6-5-9-19(26-2)20(14)28-22(16)25/h3-12H,1-2H3,(H,23,24). The lowest BCUT2D eigenvalue weighted by Crippen LogP contribution is -2.21. The number of hydrogen-bond acceptors (Lipinski definition) is 5. The molecule has 0 radical (unpaired) electrons. The third kappa shape index (κ3) is 3.16. The molecule has 0 spiro atoms. The van der Waals surface area contributed by atoms with Gasteiger partial charge in [0.15, 0.2) is 11.3 Å². The Morgan fingerprint density at radius 3 is 2.57 bits per heavy atom. The summed E-state index contributed by atoms with van der Waals surface area (Å²) in [5.74, 6) is 1.26. The number of aryl methyl sites for hydroxylation is 1. The molecule has 0 saturated heterocycles. The van der Waals surface area contributed by atoms with Crippen LogP contribution < -0.4 is 15.7 Å². The van der Waals surface area contributed by atoms with Crippen LogP contribution in [0.4, 0.5) is 5.69 Å². The van der Waals surface area contributed by atoms with Crippen molar-refractivity contribution in [2.75, 3.05) is 12.4 Å². The minimum atomic E-state index is -0.735. The Kier molecular flexibility index (Phi) is 4.45. The van der Waals surface area contributed by atoms with Crippen LogP contribution in [-0.2, 0) is 0 Å². The van der Waals surface area contributed by atoms with Gasteiger partial charge in [0.25, 0.3) is 5.91 Å². The molecule has 0 bridgehead atoms. The van der Waals surface area contributed by atoms with Crippen molar-refractivity contribution < 1.29 is 18.4 Å². The number of carbonyl (C=O) groups excluding carboxylic acids is 1. The average Bonchev–Trinajstić information content (AvgIpc) is 3.13. The molecule has 0 fully saturated rings. The zero-order valence-corrected chi connectivity index (χ0v) is 15.3. The highest BCUT2D eigenvalue weighted by Crippen LogP contribution is 2.30. The van der Waals surface area contributed by atoms with Gasteiger partial charge in [-0.1, -0.05) is 24.3 Å². The zero-order chi connectivity index (χ0) is 19.7. The Balaban J connectivity index is 1.72. The Bertz CT molecular complexity index is 1240. The molecule has 2 aromatic carbocycles. The molecule has 28 heavy (non-hydrogen) atoms. The molecular weight excluding hydrogens is 358 g/mol. The van der Waals surface area contributed by atoms with Crippen molar-refractivity contribution in [2.45, 2.75) is 6.92 Å². The van der Waals surface area contributed by atoms with Gasteiger partial charge in [0.2, 0.25) is 0 Å². The van der Waals surface area contributed by atoms with E-state index in [2.05, 4.69) is 5.32 Å². The number of fused-ring (bicyclic) bond motifs is 1. The first-order valence-corrected chi connectivity index (χ1v) is 8.65. The van der Waals surface area contributed by atoms with Crippen molar-refractivity contribution in [3.63, 3.8) is 0 Å². The second-order valence-electron chi connectivity index (χ2n) is 6.24. The van der Waals surface area contributed by atoms with E-state index in [-0.39, 0.29) is 5.56 Å². The first-order chi connectivity index (χ1) is 13.6. The van der Waals surface area contributed by atoms with Crippen LogP contribution in [0, 0.1) is 6.92 Å². The van der Waals surface area contributed by atoms with E-state index in [0.29, 0.717) is 28.2 Å². The summed E-state index contributed by atoms with van der Waals surface area (Å²) >= 11 is 0. The maximum atomic E-state index is 12.8. The first-order valence-electron chi connectivity index (χ1n) is 8.65. The number of anilines is 1. The van der Waals surface area contributed by atoms with Crippen LogP contribution in [0.15, 0.2) is 74.3 Å². The fraction of sp³-hybridized carbons (Fsp3) is 0.0909. The number of benzene rings is 2. The van der Waals surface area contributed by atoms with E-state index in [1.165, 1.54) is 13.2 Å². The van der Waals surface area contributed by atoms with Crippen molar-refractivity contribution in [2.24, 2.45) is 0 Å². The fourth-order valence-electron chi connectivity index (χ4n) is 3.01. The maximum absolute atomic E-state index is 12.8. The molecule has 0 unspecified atom stereocenters. The van der Waals surface area contributed by atoms with Gasteiger partial charge in [-0.2, -0.15) is 0 Å². The summed E-state index contributed by atoms with van der Waals surface area (Å²) in [6.45, 7) is 1.85. The lowest BCUT2D eigenvalue weighted by molar-refractivity contribution is 0.102. The van der Waals surface area contributed by atoms with Crippen LogP contribution in [0.5, 0.6) is 5.75 Å². The van der Waals surface area contributed by atoms with Crippen LogP contribution in [0.25, 0.3) is 22.3 Å². The van der Waals surface area contributed by atoms with Gasteiger partial charge >= 0.3 is 5.63 Å². The van der Waals surface area contributed by atoms with Gasteiger partial charge in [-0.15, -0.1) is 0 Å². The molecule has 0 aliphatic carbocycles. The Hall–Kier alpha value is -3.80. The van der Waals surface area contributed by atoms with Gasteiger partial charge < -0.3 is 18.9 Å². The topological polar surface area (TPSA) is 81.7 Å². The maximum Gasteiger partial charge on any atom is 0.349 e. The summed E-state index contributed by atoms with van der Waals surface area (Å²) in [7, 11) is 1.49. The van der Waals surface area contributed by atoms with Gasteiger partial charge in [-0.25, -0.2) is 4.79 Å². The Morgan fingerprint density at radius 1 is 1.00 bits per heavy atom. The molecule has 0 aliphatic rings. The van der Waals surface area contributed by atoms with E-state index in [0.717, 1.165) is 11.3 Å². The molecule has 6 heteroatoms. The van der Waals surface area contributed by atoms with Gasteiger partial charge in [0.05, 0.1) is 12.8 Å². The molecule has 0 atom stereocenters. The smallest absolute Gasteiger partial charge is 0.349 e. The highest BCUT2D eigenvalue weighted by Gasteiger charge is 2.18. The number of carbonyl (C=O) groups is 1. The highest BCUT2D eigenvalue weighted by molar-refractivity contribution is 6.07.